The molecular weight excluding hydrogens is 400 g/mol. The van der Waals surface area contributed by atoms with Gasteiger partial charge >= 0.3 is 5.97 Å². The maximum Gasteiger partial charge on any atom is 0.325 e. The molecule has 0 atom stereocenters. The Kier molecular flexibility index (Phi) is 5.94. The SMILES string of the molecule is COC(=O)Cn1c(-c2ccc(Br)cc2)cnc1SCc1ccccc1. The Hall–Kier alpha value is -2.05. The van der Waals surface area contributed by atoms with Crippen LogP contribution in [0.15, 0.2) is 70.4 Å². The molecule has 0 aliphatic rings. The summed E-state index contributed by atoms with van der Waals surface area (Å²) >= 11 is 5.05. The Bertz CT molecular complexity index is 848. The van der Waals surface area contributed by atoms with E-state index in [2.05, 4.69) is 33.0 Å². The summed E-state index contributed by atoms with van der Waals surface area (Å²) in [7, 11) is 1.40. The van der Waals surface area contributed by atoms with Crippen molar-refractivity contribution in [1.82, 2.24) is 9.55 Å². The van der Waals surface area contributed by atoms with Crippen molar-refractivity contribution in [2.24, 2.45) is 0 Å². The third-order valence-electron chi connectivity index (χ3n) is 3.68. The van der Waals surface area contributed by atoms with Crippen LogP contribution in [-0.2, 0) is 21.8 Å². The molecule has 1 heterocycles. The molecule has 4 nitrogen and oxygen atoms in total. The van der Waals surface area contributed by atoms with Gasteiger partial charge < -0.3 is 9.30 Å². The number of aromatic nitrogens is 2. The third-order valence-corrected chi connectivity index (χ3v) is 5.27. The fourth-order valence-electron chi connectivity index (χ4n) is 2.39. The number of hydrogen-bond acceptors (Lipinski definition) is 4. The molecule has 0 aliphatic carbocycles. The molecule has 3 rings (SSSR count). The minimum absolute atomic E-state index is 0.138. The van der Waals surface area contributed by atoms with Crippen LogP contribution in [0.5, 0.6) is 0 Å². The summed E-state index contributed by atoms with van der Waals surface area (Å²) in [4.78, 5) is 16.4. The number of hydrogen-bond donors (Lipinski definition) is 0. The van der Waals surface area contributed by atoms with E-state index in [9.17, 15) is 4.79 Å². The molecule has 128 valence electrons. The quantitative estimate of drug-likeness (QED) is 0.428. The Labute approximate surface area is 159 Å². The molecule has 0 N–H and O–H groups in total. The predicted molar refractivity (Wildman–Crippen MR) is 103 cm³/mol. The first-order valence-electron chi connectivity index (χ1n) is 7.72. The number of carbonyl (C=O) groups excluding carboxylic acids is 1. The summed E-state index contributed by atoms with van der Waals surface area (Å²) in [5, 5.41) is 0.798. The Balaban J connectivity index is 1.89. The van der Waals surface area contributed by atoms with Crippen LogP contribution < -0.4 is 0 Å². The number of carbonyl (C=O) groups is 1. The van der Waals surface area contributed by atoms with E-state index in [-0.39, 0.29) is 12.5 Å². The fraction of sp³-hybridized carbons (Fsp3) is 0.158. The zero-order chi connectivity index (χ0) is 17.6. The van der Waals surface area contributed by atoms with Crippen molar-refractivity contribution in [3.05, 3.63) is 70.8 Å². The van der Waals surface area contributed by atoms with Gasteiger partial charge in [0.15, 0.2) is 5.16 Å². The fourth-order valence-corrected chi connectivity index (χ4v) is 3.59. The highest BCUT2D eigenvalue weighted by Gasteiger charge is 2.15. The van der Waals surface area contributed by atoms with Crippen molar-refractivity contribution in [3.63, 3.8) is 0 Å². The first-order chi connectivity index (χ1) is 12.2. The minimum Gasteiger partial charge on any atom is -0.468 e. The van der Waals surface area contributed by atoms with Crippen molar-refractivity contribution < 1.29 is 9.53 Å². The number of rotatable bonds is 6. The largest absolute Gasteiger partial charge is 0.468 e. The maximum atomic E-state index is 11.9. The lowest BCUT2D eigenvalue weighted by atomic mass is 10.2. The molecule has 2 aromatic carbocycles. The van der Waals surface area contributed by atoms with E-state index < -0.39 is 0 Å². The lowest BCUT2D eigenvalue weighted by Crippen LogP contribution is -2.13. The van der Waals surface area contributed by atoms with E-state index in [4.69, 9.17) is 4.74 Å². The minimum atomic E-state index is -0.294. The van der Waals surface area contributed by atoms with E-state index in [0.717, 1.165) is 26.6 Å². The van der Waals surface area contributed by atoms with Crippen LogP contribution in [0.4, 0.5) is 0 Å². The van der Waals surface area contributed by atoms with Gasteiger partial charge in [0.25, 0.3) is 0 Å². The number of thioether (sulfide) groups is 1. The Morgan fingerprint density at radius 1 is 1.16 bits per heavy atom. The Morgan fingerprint density at radius 3 is 2.56 bits per heavy atom. The summed E-state index contributed by atoms with van der Waals surface area (Å²) in [6.45, 7) is 0.138. The van der Waals surface area contributed by atoms with E-state index in [1.54, 1.807) is 18.0 Å². The molecule has 3 aromatic rings. The van der Waals surface area contributed by atoms with Gasteiger partial charge in [-0.25, -0.2) is 4.98 Å². The second kappa shape index (κ2) is 8.36. The number of nitrogens with zero attached hydrogens (tertiary/aromatic N) is 2. The lowest BCUT2D eigenvalue weighted by Gasteiger charge is -2.11. The number of benzene rings is 2. The van der Waals surface area contributed by atoms with Crippen LogP contribution >= 0.6 is 27.7 Å². The zero-order valence-electron chi connectivity index (χ0n) is 13.7. The zero-order valence-corrected chi connectivity index (χ0v) is 16.1. The van der Waals surface area contributed by atoms with Gasteiger partial charge in [0.1, 0.15) is 6.54 Å². The van der Waals surface area contributed by atoms with Gasteiger partial charge in [-0.2, -0.15) is 0 Å². The summed E-state index contributed by atoms with van der Waals surface area (Å²) in [5.74, 6) is 0.497. The van der Waals surface area contributed by atoms with E-state index in [1.165, 1.54) is 12.7 Å². The van der Waals surface area contributed by atoms with Crippen LogP contribution in [0.2, 0.25) is 0 Å². The Morgan fingerprint density at radius 2 is 1.88 bits per heavy atom. The number of esters is 1. The van der Waals surface area contributed by atoms with Gasteiger partial charge in [-0.3, -0.25) is 4.79 Å². The highest BCUT2D eigenvalue weighted by Crippen LogP contribution is 2.29. The second-order valence-corrected chi connectivity index (χ2v) is 7.23. The average Bonchev–Trinajstić information content (AvgIpc) is 3.04. The van der Waals surface area contributed by atoms with Gasteiger partial charge in [0.2, 0.25) is 0 Å². The van der Waals surface area contributed by atoms with Crippen molar-refractivity contribution in [3.8, 4) is 11.3 Å². The summed E-state index contributed by atoms with van der Waals surface area (Å²) in [5.41, 5.74) is 3.12. The molecule has 1 aromatic heterocycles. The highest BCUT2D eigenvalue weighted by atomic mass is 79.9. The molecule has 0 bridgehead atoms. The van der Waals surface area contributed by atoms with Gasteiger partial charge in [-0.05, 0) is 23.3 Å². The molecule has 0 aliphatic heterocycles. The number of methoxy groups -OCH3 is 1. The summed E-state index contributed by atoms with van der Waals surface area (Å²) in [6, 6.07) is 18.1. The molecule has 0 spiro atoms. The molecule has 0 unspecified atom stereocenters. The maximum absolute atomic E-state index is 11.9. The van der Waals surface area contributed by atoms with Crippen molar-refractivity contribution >= 4 is 33.7 Å². The smallest absolute Gasteiger partial charge is 0.325 e. The van der Waals surface area contributed by atoms with Crippen molar-refractivity contribution in [2.45, 2.75) is 17.5 Å². The van der Waals surface area contributed by atoms with Gasteiger partial charge in [0.05, 0.1) is 19.0 Å². The van der Waals surface area contributed by atoms with Crippen LogP contribution in [0, 0.1) is 0 Å². The van der Waals surface area contributed by atoms with Gasteiger partial charge in [-0.15, -0.1) is 0 Å². The number of halogens is 1. The molecule has 0 fully saturated rings. The van der Waals surface area contributed by atoms with Gasteiger partial charge in [0, 0.05) is 10.2 Å². The molecule has 0 saturated carbocycles. The molecule has 0 radical (unpaired) electrons. The van der Waals surface area contributed by atoms with Crippen LogP contribution in [0.3, 0.4) is 0 Å². The van der Waals surface area contributed by atoms with Crippen LogP contribution in [0.25, 0.3) is 11.3 Å². The molecule has 0 saturated heterocycles. The summed E-state index contributed by atoms with van der Waals surface area (Å²) in [6.07, 6.45) is 1.81. The molecule has 0 amide bonds. The van der Waals surface area contributed by atoms with E-state index in [0.29, 0.717) is 0 Å². The van der Waals surface area contributed by atoms with Crippen molar-refractivity contribution in [1.29, 1.82) is 0 Å². The van der Waals surface area contributed by atoms with E-state index >= 15 is 0 Å². The first-order valence-corrected chi connectivity index (χ1v) is 9.50. The summed E-state index contributed by atoms with van der Waals surface area (Å²) < 4.78 is 7.76. The third kappa shape index (κ3) is 4.52. The standard InChI is InChI=1S/C19H17BrN2O2S/c1-24-18(23)12-22-17(15-7-9-16(20)10-8-15)11-21-19(22)25-13-14-5-3-2-4-6-14/h2-11H,12-13H2,1H3. The average molecular weight is 417 g/mol. The molecule has 6 heteroatoms. The first kappa shape index (κ1) is 17.8. The van der Waals surface area contributed by atoms with Crippen molar-refractivity contribution in [2.75, 3.05) is 7.11 Å². The monoisotopic (exact) mass is 416 g/mol. The topological polar surface area (TPSA) is 44.1 Å². The number of ether oxygens (including phenoxy) is 1. The predicted octanol–water partition coefficient (Wildman–Crippen LogP) is 4.78. The number of imidazole rings is 1. The van der Waals surface area contributed by atoms with Crippen LogP contribution in [-0.4, -0.2) is 22.6 Å². The second-order valence-electron chi connectivity index (χ2n) is 5.37. The van der Waals surface area contributed by atoms with Gasteiger partial charge in [-0.1, -0.05) is 70.2 Å². The lowest BCUT2D eigenvalue weighted by molar-refractivity contribution is -0.141. The highest BCUT2D eigenvalue weighted by molar-refractivity contribution is 9.10. The molecular formula is C19H17BrN2O2S. The van der Waals surface area contributed by atoms with E-state index in [1.807, 2.05) is 47.0 Å². The van der Waals surface area contributed by atoms with Crippen LogP contribution in [0.1, 0.15) is 5.56 Å². The normalized spacial score (nSPS) is 10.6. The molecule has 25 heavy (non-hydrogen) atoms.